The zero-order valence-electron chi connectivity index (χ0n) is 11.2. The topological polar surface area (TPSA) is 72.2 Å². The Bertz CT molecular complexity index is 755. The van der Waals surface area contributed by atoms with E-state index in [1.54, 1.807) is 24.3 Å². The van der Waals surface area contributed by atoms with Crippen molar-refractivity contribution in [3.63, 3.8) is 0 Å². The second kappa shape index (κ2) is 6.01. The molecule has 0 aliphatic heterocycles. The van der Waals surface area contributed by atoms with Crippen molar-refractivity contribution < 1.29 is 12.8 Å². The molecule has 0 saturated carbocycles. The van der Waals surface area contributed by atoms with Gasteiger partial charge in [0.05, 0.1) is 10.6 Å². The largest absolute Gasteiger partial charge is 0.396 e. The Kier molecular flexibility index (Phi) is 4.51. The Hall–Kier alpha value is -1.63. The summed E-state index contributed by atoms with van der Waals surface area (Å²) in [6, 6.07) is 9.18. The van der Waals surface area contributed by atoms with Crippen LogP contribution in [0.4, 0.5) is 10.1 Å². The number of benzene rings is 2. The predicted octanol–water partition coefficient (Wildman–Crippen LogP) is 2.85. The molecule has 0 aliphatic rings. The lowest BCUT2D eigenvalue weighted by molar-refractivity contribution is 0.580. The van der Waals surface area contributed by atoms with E-state index < -0.39 is 15.8 Å². The van der Waals surface area contributed by atoms with Crippen molar-refractivity contribution in [1.82, 2.24) is 4.72 Å². The summed E-state index contributed by atoms with van der Waals surface area (Å²) in [6.45, 7) is 1.54. The molecular formula is C14H14ClFN2O2S. The van der Waals surface area contributed by atoms with Crippen LogP contribution >= 0.6 is 11.6 Å². The summed E-state index contributed by atoms with van der Waals surface area (Å²) in [4.78, 5) is -0.0686. The monoisotopic (exact) mass is 328 g/mol. The van der Waals surface area contributed by atoms with E-state index in [2.05, 4.69) is 4.72 Å². The van der Waals surface area contributed by atoms with E-state index in [1.807, 2.05) is 0 Å². The van der Waals surface area contributed by atoms with Crippen molar-refractivity contribution in [2.75, 3.05) is 5.73 Å². The number of halogens is 2. The smallest absolute Gasteiger partial charge is 0.240 e. The Labute approximate surface area is 127 Å². The lowest BCUT2D eigenvalue weighted by atomic mass is 10.2. The highest BCUT2D eigenvalue weighted by Gasteiger charge is 2.17. The van der Waals surface area contributed by atoms with E-state index in [1.165, 1.54) is 13.0 Å². The Morgan fingerprint density at radius 3 is 2.62 bits per heavy atom. The SMILES string of the molecule is Cc1cc(S(=O)(=O)NCc2cccc(Cl)c2)cc(N)c1F. The summed E-state index contributed by atoms with van der Waals surface area (Å²) in [5, 5.41) is 0.522. The third-order valence-electron chi connectivity index (χ3n) is 2.92. The number of nitrogens with one attached hydrogen (secondary N) is 1. The Morgan fingerprint density at radius 2 is 2.00 bits per heavy atom. The van der Waals surface area contributed by atoms with Crippen molar-refractivity contribution in [3.05, 3.63) is 58.4 Å². The van der Waals surface area contributed by atoms with Crippen LogP contribution in [-0.2, 0) is 16.6 Å². The van der Waals surface area contributed by atoms with Crippen LogP contribution in [0.5, 0.6) is 0 Å². The third-order valence-corrected chi connectivity index (χ3v) is 4.54. The summed E-state index contributed by atoms with van der Waals surface area (Å²) < 4.78 is 40.2. The molecule has 0 unspecified atom stereocenters. The molecule has 4 nitrogen and oxygen atoms in total. The Morgan fingerprint density at radius 1 is 1.29 bits per heavy atom. The van der Waals surface area contributed by atoms with Crippen LogP contribution in [0.1, 0.15) is 11.1 Å². The van der Waals surface area contributed by atoms with Crippen LogP contribution in [-0.4, -0.2) is 8.42 Å². The highest BCUT2D eigenvalue weighted by Crippen LogP contribution is 2.21. The van der Waals surface area contributed by atoms with E-state index in [4.69, 9.17) is 17.3 Å². The average Bonchev–Trinajstić information content (AvgIpc) is 2.42. The van der Waals surface area contributed by atoms with Crippen molar-refractivity contribution in [2.45, 2.75) is 18.4 Å². The lowest BCUT2D eigenvalue weighted by Gasteiger charge is -2.09. The zero-order valence-corrected chi connectivity index (χ0v) is 12.8. The van der Waals surface area contributed by atoms with Gasteiger partial charge in [0.2, 0.25) is 10.0 Å². The summed E-state index contributed by atoms with van der Waals surface area (Å²) in [5.74, 6) is -0.608. The third kappa shape index (κ3) is 3.72. The number of anilines is 1. The second-order valence-electron chi connectivity index (χ2n) is 4.60. The fourth-order valence-electron chi connectivity index (χ4n) is 1.83. The molecule has 0 atom stereocenters. The molecule has 0 bridgehead atoms. The van der Waals surface area contributed by atoms with Gasteiger partial charge in [-0.3, -0.25) is 0 Å². The minimum absolute atomic E-state index is 0.0686. The maximum atomic E-state index is 13.4. The van der Waals surface area contributed by atoms with Gasteiger partial charge in [0.15, 0.2) is 0 Å². The first-order chi connectivity index (χ1) is 9.79. The molecule has 3 N–H and O–H groups in total. The van der Waals surface area contributed by atoms with Gasteiger partial charge in [-0.15, -0.1) is 0 Å². The Balaban J connectivity index is 2.23. The number of rotatable bonds is 4. The van der Waals surface area contributed by atoms with E-state index >= 15 is 0 Å². The molecule has 0 aliphatic carbocycles. The average molecular weight is 329 g/mol. The fourth-order valence-corrected chi connectivity index (χ4v) is 3.18. The molecule has 0 fully saturated rings. The minimum atomic E-state index is -3.77. The molecule has 0 radical (unpaired) electrons. The van der Waals surface area contributed by atoms with Gasteiger partial charge >= 0.3 is 0 Å². The first kappa shape index (κ1) is 15.8. The molecule has 112 valence electrons. The zero-order chi connectivity index (χ0) is 15.6. The first-order valence-electron chi connectivity index (χ1n) is 6.09. The lowest BCUT2D eigenvalue weighted by Crippen LogP contribution is -2.23. The van der Waals surface area contributed by atoms with Gasteiger partial charge in [0.1, 0.15) is 5.82 Å². The fraction of sp³-hybridized carbons (Fsp3) is 0.143. The van der Waals surface area contributed by atoms with Crippen LogP contribution in [0.3, 0.4) is 0 Å². The van der Waals surface area contributed by atoms with Crippen LogP contribution < -0.4 is 10.5 Å². The second-order valence-corrected chi connectivity index (χ2v) is 6.80. The maximum absolute atomic E-state index is 13.4. The van der Waals surface area contributed by atoms with Gasteiger partial charge in [-0.05, 0) is 42.3 Å². The van der Waals surface area contributed by atoms with Gasteiger partial charge in [-0.1, -0.05) is 23.7 Å². The summed E-state index contributed by atoms with van der Waals surface area (Å²) >= 11 is 5.84. The minimum Gasteiger partial charge on any atom is -0.396 e. The van der Waals surface area contributed by atoms with Crippen molar-refractivity contribution in [3.8, 4) is 0 Å². The van der Waals surface area contributed by atoms with Crippen LogP contribution in [0.25, 0.3) is 0 Å². The normalized spacial score (nSPS) is 11.6. The van der Waals surface area contributed by atoms with Gasteiger partial charge in [0.25, 0.3) is 0 Å². The quantitative estimate of drug-likeness (QED) is 0.848. The van der Waals surface area contributed by atoms with Crippen molar-refractivity contribution in [2.24, 2.45) is 0 Å². The molecule has 2 aromatic rings. The summed E-state index contributed by atoms with van der Waals surface area (Å²) in [7, 11) is -3.77. The molecule has 21 heavy (non-hydrogen) atoms. The predicted molar refractivity (Wildman–Crippen MR) is 81.0 cm³/mol. The van der Waals surface area contributed by atoms with Crippen LogP contribution in [0, 0.1) is 12.7 Å². The van der Waals surface area contributed by atoms with Gasteiger partial charge in [-0.25, -0.2) is 17.5 Å². The number of aryl methyl sites for hydroxylation is 1. The number of nitrogen functional groups attached to an aromatic ring is 1. The molecule has 0 amide bonds. The maximum Gasteiger partial charge on any atom is 0.240 e. The molecule has 0 aromatic heterocycles. The van der Waals surface area contributed by atoms with Crippen molar-refractivity contribution in [1.29, 1.82) is 0 Å². The number of sulfonamides is 1. The van der Waals surface area contributed by atoms with Crippen LogP contribution in [0.2, 0.25) is 5.02 Å². The number of nitrogens with two attached hydrogens (primary N) is 1. The summed E-state index contributed by atoms with van der Waals surface area (Å²) in [6.07, 6.45) is 0. The van der Waals surface area contributed by atoms with Gasteiger partial charge in [0, 0.05) is 11.6 Å². The molecule has 0 heterocycles. The highest BCUT2D eigenvalue weighted by molar-refractivity contribution is 7.89. The van der Waals surface area contributed by atoms with E-state index in [9.17, 15) is 12.8 Å². The van der Waals surface area contributed by atoms with E-state index in [0.717, 1.165) is 11.6 Å². The van der Waals surface area contributed by atoms with Gasteiger partial charge in [-0.2, -0.15) is 0 Å². The van der Waals surface area contributed by atoms with Crippen LogP contribution in [0.15, 0.2) is 41.3 Å². The number of hydrogen-bond donors (Lipinski definition) is 2. The molecule has 0 spiro atoms. The van der Waals surface area contributed by atoms with E-state index in [-0.39, 0.29) is 22.7 Å². The molecule has 0 saturated heterocycles. The molecule has 7 heteroatoms. The standard InChI is InChI=1S/C14H14ClFN2O2S/c1-9-5-12(7-13(17)14(9)16)21(19,20)18-8-10-3-2-4-11(15)6-10/h2-7,18H,8,17H2,1H3. The molecular weight excluding hydrogens is 315 g/mol. The highest BCUT2D eigenvalue weighted by atomic mass is 35.5. The van der Waals surface area contributed by atoms with E-state index in [0.29, 0.717) is 5.02 Å². The van der Waals surface area contributed by atoms with Gasteiger partial charge < -0.3 is 5.73 Å². The molecule has 2 aromatic carbocycles. The summed E-state index contributed by atoms with van der Waals surface area (Å²) in [5.41, 5.74) is 6.16. The molecule has 2 rings (SSSR count). The first-order valence-corrected chi connectivity index (χ1v) is 7.95. The number of hydrogen-bond acceptors (Lipinski definition) is 3. The van der Waals surface area contributed by atoms with Crippen molar-refractivity contribution >= 4 is 27.3 Å².